The van der Waals surface area contributed by atoms with Gasteiger partial charge in [0, 0.05) is 58.1 Å². The molecule has 7 nitrogen and oxygen atoms in total. The zero-order valence-corrected chi connectivity index (χ0v) is 19.1. The molecule has 3 heterocycles. The summed E-state index contributed by atoms with van der Waals surface area (Å²) in [7, 11) is 1.79. The van der Waals surface area contributed by atoms with Crippen molar-refractivity contribution in [2.24, 2.45) is 10.9 Å². The topological polar surface area (TPSA) is 72.2 Å². The highest BCUT2D eigenvalue weighted by Crippen LogP contribution is 2.12. The molecular weight excluding hydrogens is 469 g/mol. The molecule has 0 saturated carbocycles. The van der Waals surface area contributed by atoms with Crippen LogP contribution in [0.2, 0.25) is 0 Å². The fourth-order valence-corrected chi connectivity index (χ4v) is 3.20. The Balaban J connectivity index is 0.00000280. The number of nitrogens with zero attached hydrogens (tertiary/aromatic N) is 3. The van der Waals surface area contributed by atoms with Gasteiger partial charge in [0.15, 0.2) is 5.96 Å². The van der Waals surface area contributed by atoms with Crippen molar-refractivity contribution in [1.29, 1.82) is 0 Å². The number of ether oxygens (including phenoxy) is 2. The number of aliphatic imine (C=N–C) groups is 1. The zero-order chi connectivity index (χ0) is 18.9. The van der Waals surface area contributed by atoms with E-state index in [1.54, 1.807) is 7.05 Å². The fraction of sp³-hybridized carbons (Fsp3) is 0.600. The fourth-order valence-electron chi connectivity index (χ4n) is 3.20. The van der Waals surface area contributed by atoms with Gasteiger partial charge in [-0.2, -0.15) is 0 Å². The molecule has 0 radical (unpaired) electrons. The summed E-state index contributed by atoms with van der Waals surface area (Å²) in [6, 6.07) is 4.13. The quantitative estimate of drug-likeness (QED) is 0.239. The van der Waals surface area contributed by atoms with E-state index in [1.807, 2.05) is 12.3 Å². The molecular formula is C20H32IN5O2. The third kappa shape index (κ3) is 6.89. The van der Waals surface area contributed by atoms with Gasteiger partial charge < -0.3 is 24.5 Å². The number of hydrogen-bond acceptors (Lipinski definition) is 4. The number of imidazole rings is 1. The molecule has 0 aromatic carbocycles. The first-order valence-electron chi connectivity index (χ1n) is 9.79. The van der Waals surface area contributed by atoms with Crippen molar-refractivity contribution in [3.63, 3.8) is 0 Å². The SMILES string of the molecule is CN=C(NCCCOCC1CCOC1)NCCc1cn2cccc(C)c2n1.I. The second-order valence-electron chi connectivity index (χ2n) is 6.99. The van der Waals surface area contributed by atoms with Gasteiger partial charge in [-0.25, -0.2) is 4.98 Å². The highest BCUT2D eigenvalue weighted by Gasteiger charge is 2.15. The molecule has 2 aromatic rings. The summed E-state index contributed by atoms with van der Waals surface area (Å²) in [5.74, 6) is 1.40. The molecule has 0 bridgehead atoms. The first-order valence-corrected chi connectivity index (χ1v) is 9.79. The lowest BCUT2D eigenvalue weighted by Crippen LogP contribution is -2.39. The van der Waals surface area contributed by atoms with Crippen molar-refractivity contribution in [2.75, 3.05) is 46.6 Å². The molecule has 1 unspecified atom stereocenters. The summed E-state index contributed by atoms with van der Waals surface area (Å²) in [6.07, 6.45) is 7.07. The molecule has 156 valence electrons. The third-order valence-electron chi connectivity index (χ3n) is 4.76. The van der Waals surface area contributed by atoms with Crippen LogP contribution in [0.1, 0.15) is 24.1 Å². The number of pyridine rings is 1. The van der Waals surface area contributed by atoms with E-state index >= 15 is 0 Å². The lowest BCUT2D eigenvalue weighted by atomic mass is 10.1. The summed E-state index contributed by atoms with van der Waals surface area (Å²) in [6.45, 7) is 7.02. The highest BCUT2D eigenvalue weighted by atomic mass is 127. The Morgan fingerprint density at radius 2 is 2.25 bits per heavy atom. The monoisotopic (exact) mass is 501 g/mol. The van der Waals surface area contributed by atoms with Crippen LogP contribution in [0.25, 0.3) is 5.65 Å². The lowest BCUT2D eigenvalue weighted by Gasteiger charge is -2.12. The van der Waals surface area contributed by atoms with Crippen LogP contribution >= 0.6 is 24.0 Å². The van der Waals surface area contributed by atoms with Crippen molar-refractivity contribution < 1.29 is 9.47 Å². The molecule has 0 spiro atoms. The van der Waals surface area contributed by atoms with Crippen molar-refractivity contribution in [1.82, 2.24) is 20.0 Å². The number of aromatic nitrogens is 2. The van der Waals surface area contributed by atoms with E-state index in [-0.39, 0.29) is 24.0 Å². The molecule has 3 rings (SSSR count). The number of nitrogens with one attached hydrogen (secondary N) is 2. The van der Waals surface area contributed by atoms with Gasteiger partial charge in [0.05, 0.1) is 18.9 Å². The predicted octanol–water partition coefficient (Wildman–Crippen LogP) is 2.41. The third-order valence-corrected chi connectivity index (χ3v) is 4.76. The van der Waals surface area contributed by atoms with E-state index in [4.69, 9.17) is 14.5 Å². The molecule has 1 aliphatic heterocycles. The minimum Gasteiger partial charge on any atom is -0.381 e. The van der Waals surface area contributed by atoms with Gasteiger partial charge in [-0.3, -0.25) is 4.99 Å². The van der Waals surface area contributed by atoms with Crippen LogP contribution in [-0.4, -0.2) is 61.9 Å². The van der Waals surface area contributed by atoms with Crippen LogP contribution in [-0.2, 0) is 15.9 Å². The Bertz CT molecular complexity index is 743. The molecule has 2 aromatic heterocycles. The van der Waals surface area contributed by atoms with Crippen LogP contribution in [0.5, 0.6) is 0 Å². The maximum absolute atomic E-state index is 5.72. The van der Waals surface area contributed by atoms with Crippen LogP contribution in [0.4, 0.5) is 0 Å². The summed E-state index contributed by atoms with van der Waals surface area (Å²) in [5.41, 5.74) is 3.30. The second-order valence-corrected chi connectivity index (χ2v) is 6.99. The van der Waals surface area contributed by atoms with E-state index in [0.717, 1.165) is 76.1 Å². The maximum atomic E-state index is 5.72. The molecule has 1 aliphatic rings. The van der Waals surface area contributed by atoms with E-state index in [2.05, 4.69) is 39.2 Å². The Kier molecular flexibility index (Phi) is 10.0. The number of guanidine groups is 1. The molecule has 2 N–H and O–H groups in total. The molecule has 0 aliphatic carbocycles. The summed E-state index contributed by atoms with van der Waals surface area (Å²) in [5, 5.41) is 6.67. The van der Waals surface area contributed by atoms with E-state index in [1.165, 1.54) is 5.56 Å². The van der Waals surface area contributed by atoms with E-state index < -0.39 is 0 Å². The Morgan fingerprint density at radius 1 is 1.39 bits per heavy atom. The average molecular weight is 501 g/mol. The first kappa shape index (κ1) is 22.9. The largest absolute Gasteiger partial charge is 0.381 e. The normalized spacial score (nSPS) is 16.9. The molecule has 1 atom stereocenters. The van der Waals surface area contributed by atoms with Crippen molar-refractivity contribution in [2.45, 2.75) is 26.2 Å². The van der Waals surface area contributed by atoms with Gasteiger partial charge in [0.1, 0.15) is 5.65 Å². The lowest BCUT2D eigenvalue weighted by molar-refractivity contribution is 0.0888. The smallest absolute Gasteiger partial charge is 0.190 e. The van der Waals surface area contributed by atoms with Gasteiger partial charge in [-0.1, -0.05) is 6.07 Å². The number of halogens is 1. The van der Waals surface area contributed by atoms with Crippen molar-refractivity contribution in [3.8, 4) is 0 Å². The predicted molar refractivity (Wildman–Crippen MR) is 123 cm³/mol. The summed E-state index contributed by atoms with van der Waals surface area (Å²) in [4.78, 5) is 8.97. The van der Waals surface area contributed by atoms with Crippen LogP contribution in [0, 0.1) is 12.8 Å². The van der Waals surface area contributed by atoms with Gasteiger partial charge in [0.25, 0.3) is 0 Å². The number of hydrogen-bond donors (Lipinski definition) is 2. The maximum Gasteiger partial charge on any atom is 0.190 e. The molecule has 0 amide bonds. The number of aryl methyl sites for hydroxylation is 1. The number of rotatable bonds is 9. The average Bonchev–Trinajstić information content (AvgIpc) is 3.33. The van der Waals surface area contributed by atoms with Crippen LogP contribution in [0.3, 0.4) is 0 Å². The van der Waals surface area contributed by atoms with Gasteiger partial charge in [0.2, 0.25) is 0 Å². The first-order chi connectivity index (χ1) is 13.3. The minimum absolute atomic E-state index is 0. The van der Waals surface area contributed by atoms with Gasteiger partial charge in [-0.15, -0.1) is 24.0 Å². The molecule has 28 heavy (non-hydrogen) atoms. The van der Waals surface area contributed by atoms with Gasteiger partial charge >= 0.3 is 0 Å². The zero-order valence-electron chi connectivity index (χ0n) is 16.8. The Hall–Kier alpha value is -1.39. The number of fused-ring (bicyclic) bond motifs is 1. The van der Waals surface area contributed by atoms with E-state index in [9.17, 15) is 0 Å². The second kappa shape index (κ2) is 12.2. The standard InChI is InChI=1S/C20H31N5O2.HI/c1-16-5-3-10-25-13-18(24-19(16)25)6-9-23-20(21-2)22-8-4-11-26-14-17-7-12-27-15-17;/h3,5,10,13,17H,4,6-9,11-12,14-15H2,1-2H3,(H2,21,22,23);1H. The summed E-state index contributed by atoms with van der Waals surface area (Å²) < 4.78 is 13.1. The molecule has 1 fully saturated rings. The van der Waals surface area contributed by atoms with E-state index in [0.29, 0.717) is 5.92 Å². The van der Waals surface area contributed by atoms with Crippen molar-refractivity contribution in [3.05, 3.63) is 35.8 Å². The summed E-state index contributed by atoms with van der Waals surface area (Å²) >= 11 is 0. The van der Waals surface area contributed by atoms with Crippen LogP contribution < -0.4 is 10.6 Å². The van der Waals surface area contributed by atoms with Crippen LogP contribution in [0.15, 0.2) is 29.5 Å². The Labute approximate surface area is 184 Å². The van der Waals surface area contributed by atoms with Gasteiger partial charge in [-0.05, 0) is 31.4 Å². The van der Waals surface area contributed by atoms with Crippen molar-refractivity contribution >= 4 is 35.6 Å². The molecule has 1 saturated heterocycles. The molecule has 8 heteroatoms. The highest BCUT2D eigenvalue weighted by molar-refractivity contribution is 14.0. The minimum atomic E-state index is 0. The Morgan fingerprint density at radius 3 is 3.00 bits per heavy atom.